The lowest BCUT2D eigenvalue weighted by atomic mass is 10.1. The first-order chi connectivity index (χ1) is 10.6. The summed E-state index contributed by atoms with van der Waals surface area (Å²) in [7, 11) is -0.693. The number of ether oxygens (including phenoxy) is 1. The maximum Gasteiger partial charge on any atom is 0.474 e. The predicted octanol–water partition coefficient (Wildman–Crippen LogP) is 4.25. The molecule has 22 heavy (non-hydrogen) atoms. The van der Waals surface area contributed by atoms with Gasteiger partial charge in [0.1, 0.15) is 0 Å². The summed E-state index contributed by atoms with van der Waals surface area (Å²) in [6, 6.07) is 0. The van der Waals surface area contributed by atoms with Crippen molar-refractivity contribution < 1.29 is 27.7 Å². The van der Waals surface area contributed by atoms with Crippen LogP contribution in [0.5, 0.6) is 0 Å². The van der Waals surface area contributed by atoms with Crippen LogP contribution in [-0.2, 0) is 27.7 Å². The van der Waals surface area contributed by atoms with Gasteiger partial charge in [-0.1, -0.05) is 45.1 Å². The van der Waals surface area contributed by atoms with Gasteiger partial charge < -0.3 is 4.74 Å². The first-order valence-electron chi connectivity index (χ1n) is 7.73. The van der Waals surface area contributed by atoms with Gasteiger partial charge >= 0.3 is 13.8 Å². The van der Waals surface area contributed by atoms with Crippen molar-refractivity contribution in [3.05, 3.63) is 12.7 Å². The number of esters is 1. The van der Waals surface area contributed by atoms with E-state index in [0.29, 0.717) is 13.2 Å². The van der Waals surface area contributed by atoms with Crippen LogP contribution in [0.1, 0.15) is 51.4 Å². The Morgan fingerprint density at radius 1 is 0.909 bits per heavy atom. The lowest BCUT2D eigenvalue weighted by Gasteiger charge is -2.12. The Morgan fingerprint density at radius 2 is 1.36 bits per heavy atom. The van der Waals surface area contributed by atoms with Crippen LogP contribution in [0.3, 0.4) is 0 Å². The van der Waals surface area contributed by atoms with Crippen LogP contribution in [0.25, 0.3) is 0 Å². The average Bonchev–Trinajstić information content (AvgIpc) is 2.55. The second kappa shape index (κ2) is 13.9. The number of hydrogen-bond acceptors (Lipinski definition) is 6. The molecule has 0 aromatic heterocycles. The summed E-state index contributed by atoms with van der Waals surface area (Å²) in [5, 5.41) is 0. The van der Waals surface area contributed by atoms with E-state index in [1.54, 1.807) is 0 Å². The van der Waals surface area contributed by atoms with Gasteiger partial charge in [-0.2, -0.15) is 0 Å². The molecule has 0 aromatic rings. The second-order valence-corrected chi connectivity index (χ2v) is 6.73. The molecule has 0 fully saturated rings. The van der Waals surface area contributed by atoms with Crippen LogP contribution in [0.15, 0.2) is 12.7 Å². The summed E-state index contributed by atoms with van der Waals surface area (Å²) in [6.07, 6.45) is 9.63. The summed E-state index contributed by atoms with van der Waals surface area (Å²) >= 11 is 0. The molecule has 130 valence electrons. The molecule has 0 radical (unpaired) electrons. The molecule has 0 aromatic carbocycles. The van der Waals surface area contributed by atoms with Gasteiger partial charge in [0.25, 0.3) is 0 Å². The van der Waals surface area contributed by atoms with E-state index in [4.69, 9.17) is 9.26 Å². The second-order valence-electron chi connectivity index (χ2n) is 4.85. The number of rotatable bonds is 15. The van der Waals surface area contributed by atoms with Crippen molar-refractivity contribution in [1.29, 1.82) is 0 Å². The number of carbonyl (C=O) groups is 1. The minimum atomic E-state index is -3.31. The Kier molecular flexibility index (Phi) is 13.5. The third kappa shape index (κ3) is 11.9. The number of hydrogen-bond donors (Lipinski definition) is 0. The molecule has 0 rings (SSSR count). The summed E-state index contributed by atoms with van der Waals surface area (Å²) in [6.45, 7) is 4.20. The Bertz CT molecular complexity index is 337. The maximum atomic E-state index is 11.6. The molecule has 7 heteroatoms. The van der Waals surface area contributed by atoms with Crippen LogP contribution in [0, 0.1) is 0 Å². The predicted molar refractivity (Wildman–Crippen MR) is 85.7 cm³/mol. The van der Waals surface area contributed by atoms with Gasteiger partial charge in [-0.3, -0.25) is 13.6 Å². The Hall–Kier alpha value is -0.680. The van der Waals surface area contributed by atoms with E-state index in [1.807, 2.05) is 0 Å². The fourth-order valence-corrected chi connectivity index (χ4v) is 2.57. The molecule has 0 spiro atoms. The largest absolute Gasteiger partial charge is 0.474 e. The smallest absolute Gasteiger partial charge is 0.463 e. The summed E-state index contributed by atoms with van der Waals surface area (Å²) in [5.41, 5.74) is 0. The summed E-state index contributed by atoms with van der Waals surface area (Å²) in [5.74, 6) is -0.353. The molecule has 0 unspecified atom stereocenters. The Balaban J connectivity index is 3.26. The molecule has 0 saturated heterocycles. The molecule has 0 aliphatic carbocycles. The zero-order chi connectivity index (χ0) is 16.7. The number of phosphoric acid groups is 1. The van der Waals surface area contributed by atoms with Crippen molar-refractivity contribution in [2.45, 2.75) is 51.4 Å². The molecule has 0 atom stereocenters. The SMILES string of the molecule is C=CC(=O)OCCCCCCCCCCOP(=O)(OC)OC. The van der Waals surface area contributed by atoms with E-state index >= 15 is 0 Å². The zero-order valence-electron chi connectivity index (χ0n) is 13.8. The number of carbonyl (C=O) groups excluding carboxylic acids is 1. The topological polar surface area (TPSA) is 71.1 Å². The van der Waals surface area contributed by atoms with Gasteiger partial charge in [-0.05, 0) is 12.8 Å². The van der Waals surface area contributed by atoms with Gasteiger partial charge in [0.2, 0.25) is 0 Å². The molecule has 0 N–H and O–H groups in total. The van der Waals surface area contributed by atoms with E-state index in [2.05, 4.69) is 15.6 Å². The van der Waals surface area contributed by atoms with Gasteiger partial charge in [-0.15, -0.1) is 0 Å². The highest BCUT2D eigenvalue weighted by Gasteiger charge is 2.21. The van der Waals surface area contributed by atoms with E-state index in [-0.39, 0.29) is 5.97 Å². The number of phosphoric ester groups is 1. The highest BCUT2D eigenvalue weighted by Crippen LogP contribution is 2.47. The molecular formula is C15H29O6P. The molecular weight excluding hydrogens is 307 g/mol. The zero-order valence-corrected chi connectivity index (χ0v) is 14.6. The van der Waals surface area contributed by atoms with Crippen molar-refractivity contribution in [3.63, 3.8) is 0 Å². The van der Waals surface area contributed by atoms with E-state index in [9.17, 15) is 9.36 Å². The maximum absolute atomic E-state index is 11.6. The van der Waals surface area contributed by atoms with Gasteiger partial charge in [-0.25, -0.2) is 9.36 Å². The van der Waals surface area contributed by atoms with E-state index < -0.39 is 7.82 Å². The molecule has 0 amide bonds. The first kappa shape index (κ1) is 21.3. The molecule has 0 aliphatic heterocycles. The van der Waals surface area contributed by atoms with Crippen LogP contribution >= 0.6 is 7.82 Å². The highest BCUT2D eigenvalue weighted by molar-refractivity contribution is 7.48. The molecule has 0 aliphatic rings. The fourth-order valence-electron chi connectivity index (χ4n) is 1.85. The minimum Gasteiger partial charge on any atom is -0.463 e. The van der Waals surface area contributed by atoms with Crippen molar-refractivity contribution >= 4 is 13.8 Å². The van der Waals surface area contributed by atoms with Gasteiger partial charge in [0.05, 0.1) is 13.2 Å². The van der Waals surface area contributed by atoms with Crippen molar-refractivity contribution in [3.8, 4) is 0 Å². The van der Waals surface area contributed by atoms with Crippen LogP contribution < -0.4 is 0 Å². The van der Waals surface area contributed by atoms with Crippen molar-refractivity contribution in [2.24, 2.45) is 0 Å². The van der Waals surface area contributed by atoms with Gasteiger partial charge in [0, 0.05) is 20.3 Å². The van der Waals surface area contributed by atoms with E-state index in [1.165, 1.54) is 33.1 Å². The summed E-state index contributed by atoms with van der Waals surface area (Å²) < 4.78 is 30.9. The molecule has 6 nitrogen and oxygen atoms in total. The van der Waals surface area contributed by atoms with Crippen molar-refractivity contribution in [1.82, 2.24) is 0 Å². The first-order valence-corrected chi connectivity index (χ1v) is 9.19. The molecule has 0 bridgehead atoms. The monoisotopic (exact) mass is 336 g/mol. The quantitative estimate of drug-likeness (QED) is 0.193. The number of unbranched alkanes of at least 4 members (excludes halogenated alkanes) is 7. The van der Waals surface area contributed by atoms with E-state index in [0.717, 1.165) is 38.5 Å². The molecule has 0 heterocycles. The van der Waals surface area contributed by atoms with Gasteiger partial charge in [0.15, 0.2) is 0 Å². The van der Waals surface area contributed by atoms with Crippen LogP contribution in [-0.4, -0.2) is 33.4 Å². The fraction of sp³-hybridized carbons (Fsp3) is 0.800. The third-order valence-electron chi connectivity index (χ3n) is 3.15. The standard InChI is InChI=1S/C15H29O6P/c1-4-15(16)20-13-11-9-7-5-6-8-10-12-14-21-22(17,18-2)19-3/h4H,1,5-14H2,2-3H3. The normalized spacial score (nSPS) is 11.4. The third-order valence-corrected chi connectivity index (χ3v) is 4.54. The lowest BCUT2D eigenvalue weighted by Crippen LogP contribution is -2.01. The van der Waals surface area contributed by atoms with Crippen LogP contribution in [0.2, 0.25) is 0 Å². The lowest BCUT2D eigenvalue weighted by molar-refractivity contribution is -0.137. The Labute approximate surface area is 133 Å². The van der Waals surface area contributed by atoms with Crippen LogP contribution in [0.4, 0.5) is 0 Å². The Morgan fingerprint density at radius 3 is 1.82 bits per heavy atom. The summed E-state index contributed by atoms with van der Waals surface area (Å²) in [4.78, 5) is 10.8. The average molecular weight is 336 g/mol. The molecule has 0 saturated carbocycles. The van der Waals surface area contributed by atoms with Crippen molar-refractivity contribution in [2.75, 3.05) is 27.4 Å². The minimum absolute atomic E-state index is 0.353. The highest BCUT2D eigenvalue weighted by atomic mass is 31.2.